The number of aliphatic carboxylic acids is 1. The second-order valence-corrected chi connectivity index (χ2v) is 5.84. The predicted molar refractivity (Wildman–Crippen MR) is 64.5 cm³/mol. The monoisotopic (exact) mass is 238 g/mol. The van der Waals surface area contributed by atoms with Gasteiger partial charge in [-0.3, -0.25) is 4.79 Å². The highest BCUT2D eigenvalue weighted by Gasteiger charge is 2.53. The van der Waals surface area contributed by atoms with Gasteiger partial charge in [-0.25, -0.2) is 0 Å². The van der Waals surface area contributed by atoms with E-state index < -0.39 is 5.97 Å². The summed E-state index contributed by atoms with van der Waals surface area (Å²) >= 11 is 0. The first-order valence-electron chi connectivity index (χ1n) is 6.00. The summed E-state index contributed by atoms with van der Waals surface area (Å²) in [5, 5.41) is 8.96. The molecule has 2 aliphatic rings. The minimum Gasteiger partial charge on any atom is -0.481 e. The molecule has 0 spiro atoms. The zero-order valence-electron chi connectivity index (χ0n) is 10.8. The van der Waals surface area contributed by atoms with Crippen molar-refractivity contribution < 1.29 is 19.2 Å². The first-order valence-corrected chi connectivity index (χ1v) is 6.00. The number of hydrogen-bond acceptors (Lipinski definition) is 3. The van der Waals surface area contributed by atoms with Crippen LogP contribution in [0.15, 0.2) is 11.5 Å². The molecule has 1 N–H and O–H groups in total. The number of carboxylic acid groups (broad SMARTS) is 1. The van der Waals surface area contributed by atoms with Crippen molar-refractivity contribution in [2.24, 2.45) is 5.92 Å². The summed E-state index contributed by atoms with van der Waals surface area (Å²) in [6.07, 6.45) is 3.06. The van der Waals surface area contributed by atoms with Crippen LogP contribution in [0.3, 0.4) is 0 Å². The maximum atomic E-state index is 10.9. The molecular formula is C12H19BO4. The van der Waals surface area contributed by atoms with Crippen LogP contribution in [-0.4, -0.2) is 29.4 Å². The molecule has 1 aliphatic heterocycles. The molecule has 1 saturated heterocycles. The molecule has 17 heavy (non-hydrogen) atoms. The predicted octanol–water partition coefficient (Wildman–Crippen LogP) is 2.04. The molecule has 0 saturated carbocycles. The van der Waals surface area contributed by atoms with Gasteiger partial charge in [-0.05, 0) is 46.0 Å². The van der Waals surface area contributed by atoms with Gasteiger partial charge in [-0.1, -0.05) is 6.08 Å². The van der Waals surface area contributed by atoms with Crippen LogP contribution in [0.4, 0.5) is 0 Å². The fourth-order valence-corrected chi connectivity index (χ4v) is 2.12. The molecule has 0 aromatic rings. The second kappa shape index (κ2) is 3.85. The molecule has 0 bridgehead atoms. The molecule has 1 unspecified atom stereocenters. The highest BCUT2D eigenvalue weighted by molar-refractivity contribution is 6.54. The van der Waals surface area contributed by atoms with Gasteiger partial charge < -0.3 is 14.4 Å². The molecule has 2 rings (SSSR count). The van der Waals surface area contributed by atoms with Crippen LogP contribution in [0.5, 0.6) is 0 Å². The normalized spacial score (nSPS) is 30.5. The van der Waals surface area contributed by atoms with Crippen LogP contribution in [0.25, 0.3) is 0 Å². The molecule has 1 atom stereocenters. The van der Waals surface area contributed by atoms with Gasteiger partial charge >= 0.3 is 13.1 Å². The van der Waals surface area contributed by atoms with Crippen molar-refractivity contribution in [2.45, 2.75) is 51.7 Å². The van der Waals surface area contributed by atoms with Crippen molar-refractivity contribution >= 4 is 13.1 Å². The minimum absolute atomic E-state index is 0.316. The van der Waals surface area contributed by atoms with Crippen molar-refractivity contribution in [3.05, 3.63) is 11.5 Å². The summed E-state index contributed by atoms with van der Waals surface area (Å²) in [6.45, 7) is 7.99. The Morgan fingerprint density at radius 1 is 1.35 bits per heavy atom. The Bertz CT molecular complexity index is 357. The standard InChI is InChI=1S/C12H19BO4/c1-11(2)12(3,4)17-13(16-11)9-6-5-8(7-9)10(14)15/h6,8H,5,7H2,1-4H3,(H,14,15). The summed E-state index contributed by atoms with van der Waals surface area (Å²) in [4.78, 5) is 10.9. The lowest BCUT2D eigenvalue weighted by Gasteiger charge is -2.32. The third kappa shape index (κ3) is 2.14. The maximum Gasteiger partial charge on any atom is 0.490 e. The molecule has 1 heterocycles. The van der Waals surface area contributed by atoms with E-state index in [9.17, 15) is 4.79 Å². The Labute approximate surface area is 102 Å². The van der Waals surface area contributed by atoms with Crippen molar-refractivity contribution in [2.75, 3.05) is 0 Å². The number of rotatable bonds is 2. The van der Waals surface area contributed by atoms with Gasteiger partial charge in [0, 0.05) is 0 Å². The molecule has 0 radical (unpaired) electrons. The van der Waals surface area contributed by atoms with Crippen LogP contribution in [0.1, 0.15) is 40.5 Å². The summed E-state index contributed by atoms with van der Waals surface area (Å²) in [6, 6.07) is 0. The lowest BCUT2D eigenvalue weighted by molar-refractivity contribution is -0.141. The van der Waals surface area contributed by atoms with Crippen LogP contribution < -0.4 is 0 Å². The number of hydrogen-bond donors (Lipinski definition) is 1. The van der Waals surface area contributed by atoms with E-state index >= 15 is 0 Å². The van der Waals surface area contributed by atoms with E-state index in [2.05, 4.69) is 0 Å². The van der Waals surface area contributed by atoms with E-state index in [0.29, 0.717) is 12.8 Å². The largest absolute Gasteiger partial charge is 0.490 e. The Morgan fingerprint density at radius 3 is 2.29 bits per heavy atom. The van der Waals surface area contributed by atoms with E-state index in [-0.39, 0.29) is 24.2 Å². The summed E-state index contributed by atoms with van der Waals surface area (Å²) < 4.78 is 11.8. The average molecular weight is 238 g/mol. The smallest absolute Gasteiger partial charge is 0.481 e. The average Bonchev–Trinajstić information content (AvgIpc) is 2.70. The fourth-order valence-electron chi connectivity index (χ4n) is 2.12. The van der Waals surface area contributed by atoms with Crippen molar-refractivity contribution in [1.82, 2.24) is 0 Å². The van der Waals surface area contributed by atoms with E-state index in [1.165, 1.54) is 0 Å². The van der Waals surface area contributed by atoms with Crippen LogP contribution >= 0.6 is 0 Å². The zero-order valence-corrected chi connectivity index (χ0v) is 10.8. The van der Waals surface area contributed by atoms with Gasteiger partial charge in [0.25, 0.3) is 0 Å². The second-order valence-electron chi connectivity index (χ2n) is 5.84. The topological polar surface area (TPSA) is 55.8 Å². The van der Waals surface area contributed by atoms with Gasteiger partial charge in [-0.2, -0.15) is 0 Å². The first-order chi connectivity index (χ1) is 7.73. The maximum absolute atomic E-state index is 10.9. The third-order valence-electron chi connectivity index (χ3n) is 4.05. The Balaban J connectivity index is 2.06. The summed E-state index contributed by atoms with van der Waals surface area (Å²) in [5.74, 6) is -1.06. The van der Waals surface area contributed by atoms with Crippen LogP contribution in [-0.2, 0) is 14.1 Å². The Hall–Kier alpha value is -0.805. The highest BCUT2D eigenvalue weighted by Crippen LogP contribution is 2.41. The van der Waals surface area contributed by atoms with Crippen LogP contribution in [0, 0.1) is 5.92 Å². The first kappa shape index (κ1) is 12.6. The summed E-state index contributed by atoms with van der Waals surface area (Å²) in [5.41, 5.74) is 0.246. The van der Waals surface area contributed by atoms with Crippen molar-refractivity contribution in [3.8, 4) is 0 Å². The van der Waals surface area contributed by atoms with Crippen molar-refractivity contribution in [1.29, 1.82) is 0 Å². The number of carbonyl (C=O) groups is 1. The zero-order chi connectivity index (χ0) is 12.8. The number of allylic oxidation sites excluding steroid dienone is 2. The molecule has 0 amide bonds. The van der Waals surface area contributed by atoms with Gasteiger partial charge in [-0.15, -0.1) is 0 Å². The molecule has 0 aromatic carbocycles. The molecule has 1 aliphatic carbocycles. The molecular weight excluding hydrogens is 219 g/mol. The molecule has 1 fully saturated rings. The Morgan fingerprint density at radius 2 is 1.88 bits per heavy atom. The van der Waals surface area contributed by atoms with E-state index in [0.717, 1.165) is 5.47 Å². The molecule has 5 heteroatoms. The Kier molecular flexibility index (Phi) is 2.87. The van der Waals surface area contributed by atoms with Gasteiger partial charge in [0.15, 0.2) is 0 Å². The summed E-state index contributed by atoms with van der Waals surface area (Å²) in [7, 11) is -0.385. The minimum atomic E-state index is -0.743. The van der Waals surface area contributed by atoms with Gasteiger partial charge in [0.2, 0.25) is 0 Å². The number of carboxylic acids is 1. The molecule has 4 nitrogen and oxygen atoms in total. The van der Waals surface area contributed by atoms with Gasteiger partial charge in [0.1, 0.15) is 0 Å². The lowest BCUT2D eigenvalue weighted by atomic mass is 9.77. The molecule has 94 valence electrons. The quantitative estimate of drug-likeness (QED) is 0.748. The van der Waals surface area contributed by atoms with E-state index in [1.54, 1.807) is 0 Å². The van der Waals surface area contributed by atoms with Crippen molar-refractivity contribution in [3.63, 3.8) is 0 Å². The van der Waals surface area contributed by atoms with Crippen LogP contribution in [0.2, 0.25) is 0 Å². The van der Waals surface area contributed by atoms with Gasteiger partial charge in [0.05, 0.1) is 17.1 Å². The fraction of sp³-hybridized carbons (Fsp3) is 0.750. The van der Waals surface area contributed by atoms with E-state index in [4.69, 9.17) is 14.4 Å². The van der Waals surface area contributed by atoms with E-state index in [1.807, 2.05) is 33.8 Å². The third-order valence-corrected chi connectivity index (χ3v) is 4.05. The SMILES string of the molecule is CC1(C)OB(C2=CCC(C(=O)O)C2)OC1(C)C. The molecule has 0 aromatic heterocycles. The highest BCUT2D eigenvalue weighted by atomic mass is 16.7. The lowest BCUT2D eigenvalue weighted by Crippen LogP contribution is -2.41.